The van der Waals surface area contributed by atoms with Gasteiger partial charge in [-0.3, -0.25) is 9.59 Å². The molecule has 0 aliphatic heterocycles. The van der Waals surface area contributed by atoms with E-state index in [9.17, 15) is 9.59 Å². The minimum Gasteiger partial charge on any atom is -0.325 e. The summed E-state index contributed by atoms with van der Waals surface area (Å²) in [6.45, 7) is 1.96. The van der Waals surface area contributed by atoms with Gasteiger partial charge in [0.15, 0.2) is 5.82 Å². The number of anilines is 2. The number of nitrogens with zero attached hydrogens (tertiary/aromatic N) is 2. The summed E-state index contributed by atoms with van der Waals surface area (Å²) in [5.41, 5.74) is 3.26. The molecule has 7 heteroatoms. The third-order valence-corrected chi connectivity index (χ3v) is 4.67. The van der Waals surface area contributed by atoms with E-state index in [1.54, 1.807) is 12.4 Å². The van der Waals surface area contributed by atoms with Crippen LogP contribution in [0.1, 0.15) is 5.56 Å². The molecule has 2 amide bonds. The van der Waals surface area contributed by atoms with E-state index in [4.69, 9.17) is 0 Å². The minimum atomic E-state index is -0.204. The van der Waals surface area contributed by atoms with E-state index >= 15 is 0 Å². The molecule has 1 aromatic heterocycles. The van der Waals surface area contributed by atoms with E-state index in [-0.39, 0.29) is 23.3 Å². The van der Waals surface area contributed by atoms with E-state index in [2.05, 4.69) is 20.6 Å². The van der Waals surface area contributed by atoms with Crippen LogP contribution >= 0.6 is 11.8 Å². The van der Waals surface area contributed by atoms with Gasteiger partial charge in [-0.15, -0.1) is 11.8 Å². The van der Waals surface area contributed by atoms with Gasteiger partial charge < -0.3 is 10.6 Å². The maximum Gasteiger partial charge on any atom is 0.234 e. The molecular weight excluding hydrogens is 372 g/mol. The summed E-state index contributed by atoms with van der Waals surface area (Å²) in [6, 6.07) is 17.2. The van der Waals surface area contributed by atoms with Gasteiger partial charge in [-0.1, -0.05) is 42.5 Å². The van der Waals surface area contributed by atoms with Gasteiger partial charge in [-0.2, -0.15) is 0 Å². The van der Waals surface area contributed by atoms with Crippen LogP contribution in [-0.2, 0) is 9.59 Å². The molecule has 1 heterocycles. The van der Waals surface area contributed by atoms with Crippen molar-refractivity contribution in [3.8, 4) is 11.4 Å². The second kappa shape index (κ2) is 9.66. The lowest BCUT2D eigenvalue weighted by Gasteiger charge is -2.07. The van der Waals surface area contributed by atoms with Gasteiger partial charge in [-0.25, -0.2) is 9.97 Å². The summed E-state index contributed by atoms with van der Waals surface area (Å²) in [5.74, 6) is 0.621. The van der Waals surface area contributed by atoms with Crippen LogP contribution in [0.3, 0.4) is 0 Å². The third-order valence-electron chi connectivity index (χ3n) is 3.74. The van der Waals surface area contributed by atoms with Crippen LogP contribution in [-0.4, -0.2) is 33.3 Å². The molecule has 3 rings (SSSR count). The molecule has 0 aliphatic rings. The van der Waals surface area contributed by atoms with E-state index in [1.165, 1.54) is 11.8 Å². The molecule has 142 valence electrons. The monoisotopic (exact) mass is 392 g/mol. The van der Waals surface area contributed by atoms with Crippen molar-refractivity contribution in [3.63, 3.8) is 0 Å². The fourth-order valence-corrected chi connectivity index (χ4v) is 3.10. The van der Waals surface area contributed by atoms with Gasteiger partial charge in [0.2, 0.25) is 11.8 Å². The average Bonchev–Trinajstić information content (AvgIpc) is 2.69. The first-order chi connectivity index (χ1) is 13.6. The number of carbonyl (C=O) groups excluding carboxylic acids is 2. The third kappa shape index (κ3) is 5.92. The Labute approximate surface area is 167 Å². The summed E-state index contributed by atoms with van der Waals surface area (Å²) in [4.78, 5) is 32.5. The number of nitrogens with one attached hydrogen (secondary N) is 2. The highest BCUT2D eigenvalue weighted by Crippen LogP contribution is 2.15. The zero-order valence-corrected chi connectivity index (χ0v) is 16.2. The van der Waals surface area contributed by atoms with E-state index in [0.717, 1.165) is 16.8 Å². The number of thioether (sulfide) groups is 1. The van der Waals surface area contributed by atoms with Gasteiger partial charge >= 0.3 is 0 Å². The lowest BCUT2D eigenvalue weighted by atomic mass is 10.2. The number of rotatable bonds is 7. The fourth-order valence-electron chi connectivity index (χ4n) is 2.48. The molecule has 0 spiro atoms. The number of carbonyl (C=O) groups is 2. The highest BCUT2D eigenvalue weighted by atomic mass is 32.2. The Balaban J connectivity index is 1.42. The molecule has 0 fully saturated rings. The Hall–Kier alpha value is -3.19. The molecule has 0 radical (unpaired) electrons. The molecule has 0 saturated heterocycles. The van der Waals surface area contributed by atoms with Crippen molar-refractivity contribution in [2.45, 2.75) is 6.92 Å². The van der Waals surface area contributed by atoms with Crippen molar-refractivity contribution in [1.29, 1.82) is 0 Å². The SMILES string of the molecule is Cc1cccc(NC(=O)CSCC(=O)Nc2cnc(-c3ccccc3)nc2)c1. The highest BCUT2D eigenvalue weighted by Gasteiger charge is 2.08. The maximum absolute atomic E-state index is 12.0. The largest absolute Gasteiger partial charge is 0.325 e. The van der Waals surface area contributed by atoms with Gasteiger partial charge in [0.25, 0.3) is 0 Å². The number of hydrogen-bond donors (Lipinski definition) is 2. The van der Waals surface area contributed by atoms with Crippen LogP contribution < -0.4 is 10.6 Å². The number of aromatic nitrogens is 2. The molecule has 0 unspecified atom stereocenters. The van der Waals surface area contributed by atoms with Crippen molar-refractivity contribution in [1.82, 2.24) is 9.97 Å². The summed E-state index contributed by atoms with van der Waals surface area (Å²) < 4.78 is 0. The average molecular weight is 392 g/mol. The number of aryl methyl sites for hydroxylation is 1. The summed E-state index contributed by atoms with van der Waals surface area (Å²) >= 11 is 1.25. The van der Waals surface area contributed by atoms with E-state index in [0.29, 0.717) is 11.5 Å². The van der Waals surface area contributed by atoms with Gasteiger partial charge in [0.1, 0.15) is 0 Å². The van der Waals surface area contributed by atoms with Gasteiger partial charge in [-0.05, 0) is 24.6 Å². The van der Waals surface area contributed by atoms with E-state index < -0.39 is 0 Å². The number of benzene rings is 2. The first-order valence-corrected chi connectivity index (χ1v) is 9.87. The predicted molar refractivity (Wildman–Crippen MR) is 113 cm³/mol. The Morgan fingerprint density at radius 1 is 0.857 bits per heavy atom. The van der Waals surface area contributed by atoms with Crippen LogP contribution in [0.15, 0.2) is 67.0 Å². The standard InChI is InChI=1S/C21H20N4O2S/c1-15-6-5-9-17(10-15)24-19(26)13-28-14-20(27)25-18-11-22-21(23-12-18)16-7-3-2-4-8-16/h2-12H,13-14H2,1H3,(H,24,26)(H,25,27). The Bertz CT molecular complexity index is 946. The zero-order valence-electron chi connectivity index (χ0n) is 15.4. The summed E-state index contributed by atoms with van der Waals surface area (Å²) in [5, 5.41) is 5.55. The minimum absolute atomic E-state index is 0.140. The van der Waals surface area contributed by atoms with Crippen LogP contribution in [0.2, 0.25) is 0 Å². The molecule has 3 aromatic rings. The second-order valence-electron chi connectivity index (χ2n) is 6.12. The van der Waals surface area contributed by atoms with Crippen LogP contribution in [0.4, 0.5) is 11.4 Å². The normalized spacial score (nSPS) is 10.3. The van der Waals surface area contributed by atoms with Crippen molar-refractivity contribution in [2.24, 2.45) is 0 Å². The maximum atomic E-state index is 12.0. The molecule has 2 aromatic carbocycles. The smallest absolute Gasteiger partial charge is 0.234 e. The van der Waals surface area contributed by atoms with Crippen LogP contribution in [0, 0.1) is 6.92 Å². The highest BCUT2D eigenvalue weighted by molar-refractivity contribution is 8.00. The van der Waals surface area contributed by atoms with E-state index in [1.807, 2.05) is 61.5 Å². The number of hydrogen-bond acceptors (Lipinski definition) is 5. The molecule has 0 bridgehead atoms. The summed E-state index contributed by atoms with van der Waals surface area (Å²) in [6.07, 6.45) is 3.14. The summed E-state index contributed by atoms with van der Waals surface area (Å²) in [7, 11) is 0. The molecular formula is C21H20N4O2S. The van der Waals surface area contributed by atoms with Gasteiger partial charge in [0.05, 0.1) is 29.6 Å². The molecule has 0 atom stereocenters. The first kappa shape index (κ1) is 19.6. The molecule has 0 aliphatic carbocycles. The lowest BCUT2D eigenvalue weighted by molar-refractivity contribution is -0.114. The first-order valence-electron chi connectivity index (χ1n) is 8.72. The van der Waals surface area contributed by atoms with Crippen molar-refractivity contribution in [3.05, 3.63) is 72.6 Å². The van der Waals surface area contributed by atoms with Crippen LogP contribution in [0.25, 0.3) is 11.4 Å². The Morgan fingerprint density at radius 3 is 2.14 bits per heavy atom. The zero-order chi connectivity index (χ0) is 19.8. The molecule has 2 N–H and O–H groups in total. The quantitative estimate of drug-likeness (QED) is 0.640. The second-order valence-corrected chi connectivity index (χ2v) is 7.11. The predicted octanol–water partition coefficient (Wildman–Crippen LogP) is 3.76. The van der Waals surface area contributed by atoms with Crippen molar-refractivity contribution < 1.29 is 9.59 Å². The molecule has 28 heavy (non-hydrogen) atoms. The Kier molecular flexibility index (Phi) is 6.75. The fraction of sp³-hybridized carbons (Fsp3) is 0.143. The lowest BCUT2D eigenvalue weighted by Crippen LogP contribution is -2.18. The van der Waals surface area contributed by atoms with Crippen molar-refractivity contribution in [2.75, 3.05) is 22.1 Å². The van der Waals surface area contributed by atoms with Gasteiger partial charge in [0, 0.05) is 11.3 Å². The van der Waals surface area contributed by atoms with Crippen molar-refractivity contribution >= 4 is 35.0 Å². The number of amides is 2. The topological polar surface area (TPSA) is 84.0 Å². The van der Waals surface area contributed by atoms with Crippen LogP contribution in [0.5, 0.6) is 0 Å². The molecule has 6 nitrogen and oxygen atoms in total. The molecule has 0 saturated carbocycles. The Morgan fingerprint density at radius 2 is 1.50 bits per heavy atom.